The number of aromatic nitrogens is 2. The number of hydrogen-bond donors (Lipinski definition) is 2. The molecule has 0 radical (unpaired) electrons. The highest BCUT2D eigenvalue weighted by atomic mass is 19.2. The number of nitrogens with one attached hydrogen (secondary N) is 2. The summed E-state index contributed by atoms with van der Waals surface area (Å²) in [5.74, 6) is -3.94. The Hall–Kier alpha value is -3.42. The third kappa shape index (κ3) is 3.80. The van der Waals surface area contributed by atoms with Crippen molar-refractivity contribution in [2.24, 2.45) is 0 Å². The van der Waals surface area contributed by atoms with Gasteiger partial charge in [-0.1, -0.05) is 12.1 Å². The van der Waals surface area contributed by atoms with E-state index in [2.05, 4.69) is 20.6 Å². The van der Waals surface area contributed by atoms with Gasteiger partial charge in [0.25, 0.3) is 0 Å². The zero-order valence-electron chi connectivity index (χ0n) is 13.6. The van der Waals surface area contributed by atoms with E-state index in [4.69, 9.17) is 0 Å². The van der Waals surface area contributed by atoms with E-state index in [1.54, 1.807) is 30.3 Å². The molecule has 1 heterocycles. The first-order valence-corrected chi connectivity index (χ1v) is 7.55. The Kier molecular flexibility index (Phi) is 4.83. The van der Waals surface area contributed by atoms with Gasteiger partial charge in [-0.2, -0.15) is 4.98 Å². The van der Waals surface area contributed by atoms with Crippen molar-refractivity contribution >= 4 is 28.9 Å². The maximum atomic E-state index is 13.7. The van der Waals surface area contributed by atoms with Gasteiger partial charge in [-0.3, -0.25) is 4.79 Å². The molecule has 0 fully saturated rings. The van der Waals surface area contributed by atoms with Crippen LogP contribution in [0.5, 0.6) is 0 Å². The molecular weight excluding hydrogens is 345 g/mol. The van der Waals surface area contributed by atoms with Crippen LogP contribution < -0.4 is 10.6 Å². The molecule has 0 aliphatic carbocycles. The highest BCUT2D eigenvalue weighted by Crippen LogP contribution is 2.23. The second kappa shape index (κ2) is 7.22. The van der Waals surface area contributed by atoms with Crippen LogP contribution in [0.1, 0.15) is 17.3 Å². The average molecular weight is 358 g/mol. The van der Waals surface area contributed by atoms with Crippen molar-refractivity contribution in [1.82, 2.24) is 9.97 Å². The summed E-state index contributed by atoms with van der Waals surface area (Å²) in [7, 11) is 0. The molecule has 0 unspecified atom stereocenters. The zero-order valence-corrected chi connectivity index (χ0v) is 13.6. The summed E-state index contributed by atoms with van der Waals surface area (Å²) in [5.41, 5.74) is 0.868. The maximum Gasteiger partial charge on any atom is 0.229 e. The lowest BCUT2D eigenvalue weighted by Crippen LogP contribution is -2.03. The highest BCUT2D eigenvalue weighted by Gasteiger charge is 2.14. The van der Waals surface area contributed by atoms with Crippen molar-refractivity contribution in [3.63, 3.8) is 0 Å². The van der Waals surface area contributed by atoms with Gasteiger partial charge in [0.05, 0.1) is 5.69 Å². The molecule has 26 heavy (non-hydrogen) atoms. The predicted molar refractivity (Wildman–Crippen MR) is 91.4 cm³/mol. The first-order valence-electron chi connectivity index (χ1n) is 7.55. The number of rotatable bonds is 5. The smallest absolute Gasteiger partial charge is 0.229 e. The van der Waals surface area contributed by atoms with Crippen molar-refractivity contribution in [3.8, 4) is 0 Å². The van der Waals surface area contributed by atoms with Crippen molar-refractivity contribution < 1.29 is 18.0 Å². The van der Waals surface area contributed by atoms with Crippen LogP contribution in [0.15, 0.2) is 48.7 Å². The minimum absolute atomic E-state index is 0.0115. The van der Waals surface area contributed by atoms with Crippen LogP contribution in [0.3, 0.4) is 0 Å². The van der Waals surface area contributed by atoms with Crippen molar-refractivity contribution in [3.05, 3.63) is 71.7 Å². The molecule has 3 aromatic rings. The van der Waals surface area contributed by atoms with Crippen LogP contribution >= 0.6 is 0 Å². The van der Waals surface area contributed by atoms with Gasteiger partial charge < -0.3 is 10.6 Å². The molecule has 0 saturated carbocycles. The van der Waals surface area contributed by atoms with Gasteiger partial charge in [-0.05, 0) is 37.3 Å². The summed E-state index contributed by atoms with van der Waals surface area (Å²) in [6, 6.07) is 10.2. The normalized spacial score (nSPS) is 10.5. The molecule has 2 aromatic carbocycles. The third-order valence-corrected chi connectivity index (χ3v) is 3.48. The van der Waals surface area contributed by atoms with Crippen LogP contribution in [0, 0.1) is 17.5 Å². The van der Waals surface area contributed by atoms with Gasteiger partial charge in [0.1, 0.15) is 5.82 Å². The first kappa shape index (κ1) is 17.4. The van der Waals surface area contributed by atoms with Gasteiger partial charge >= 0.3 is 0 Å². The quantitative estimate of drug-likeness (QED) is 0.516. The van der Waals surface area contributed by atoms with Crippen molar-refractivity contribution in [2.45, 2.75) is 6.92 Å². The molecule has 5 nitrogen and oxygen atoms in total. The third-order valence-electron chi connectivity index (χ3n) is 3.48. The average Bonchev–Trinajstić information content (AvgIpc) is 2.63. The molecule has 2 N–H and O–H groups in total. The number of carbonyl (C=O) groups is 1. The molecule has 0 aliphatic heterocycles. The summed E-state index contributed by atoms with van der Waals surface area (Å²) in [4.78, 5) is 19.5. The van der Waals surface area contributed by atoms with Crippen LogP contribution in [0.2, 0.25) is 0 Å². The number of anilines is 4. The minimum Gasteiger partial charge on any atom is -0.340 e. The molecule has 0 bridgehead atoms. The van der Waals surface area contributed by atoms with Gasteiger partial charge in [0, 0.05) is 17.4 Å². The number of ketones is 1. The number of benzene rings is 2. The van der Waals surface area contributed by atoms with E-state index >= 15 is 0 Å². The Morgan fingerprint density at radius 3 is 2.58 bits per heavy atom. The SMILES string of the molecule is CC(=O)c1cccc(Nc2ccnc(Nc3ccc(F)c(F)c3F)n2)c1. The zero-order chi connectivity index (χ0) is 18.7. The van der Waals surface area contributed by atoms with Gasteiger partial charge in [-0.25, -0.2) is 18.2 Å². The topological polar surface area (TPSA) is 66.9 Å². The van der Waals surface area contributed by atoms with E-state index in [0.717, 1.165) is 12.1 Å². The molecular formula is C18H13F3N4O. The monoisotopic (exact) mass is 358 g/mol. The fraction of sp³-hybridized carbons (Fsp3) is 0.0556. The summed E-state index contributed by atoms with van der Waals surface area (Å²) >= 11 is 0. The number of nitrogens with zero attached hydrogens (tertiary/aromatic N) is 2. The van der Waals surface area contributed by atoms with E-state index in [-0.39, 0.29) is 17.4 Å². The van der Waals surface area contributed by atoms with E-state index < -0.39 is 17.5 Å². The number of hydrogen-bond acceptors (Lipinski definition) is 5. The van der Waals surface area contributed by atoms with Gasteiger partial charge in [-0.15, -0.1) is 0 Å². The van der Waals surface area contributed by atoms with Gasteiger partial charge in [0.15, 0.2) is 23.2 Å². The Morgan fingerprint density at radius 2 is 1.81 bits per heavy atom. The van der Waals surface area contributed by atoms with Crippen LogP contribution in [-0.4, -0.2) is 15.8 Å². The lowest BCUT2D eigenvalue weighted by atomic mass is 10.1. The molecule has 1 aromatic heterocycles. The largest absolute Gasteiger partial charge is 0.340 e. The van der Waals surface area contributed by atoms with E-state index in [9.17, 15) is 18.0 Å². The minimum atomic E-state index is -1.58. The fourth-order valence-corrected chi connectivity index (χ4v) is 2.20. The highest BCUT2D eigenvalue weighted by molar-refractivity contribution is 5.95. The number of Topliss-reactive ketones (excluding diaryl/α,β-unsaturated/α-hetero) is 1. The fourth-order valence-electron chi connectivity index (χ4n) is 2.20. The summed E-state index contributed by atoms with van der Waals surface area (Å²) in [6.45, 7) is 1.46. The van der Waals surface area contributed by atoms with Crippen LogP contribution in [0.4, 0.5) is 36.3 Å². The van der Waals surface area contributed by atoms with Crippen LogP contribution in [0.25, 0.3) is 0 Å². The molecule has 0 atom stereocenters. The Balaban J connectivity index is 1.82. The van der Waals surface area contributed by atoms with E-state index in [0.29, 0.717) is 17.1 Å². The Bertz CT molecular complexity index is 978. The molecule has 132 valence electrons. The predicted octanol–water partition coefficient (Wildman–Crippen LogP) is 4.58. The van der Waals surface area contributed by atoms with Crippen LogP contribution in [-0.2, 0) is 0 Å². The second-order valence-electron chi connectivity index (χ2n) is 5.38. The first-order chi connectivity index (χ1) is 12.4. The Labute approximate surface area is 146 Å². The standard InChI is InChI=1S/C18H13F3N4O/c1-10(26)11-3-2-4-12(9-11)23-15-7-8-22-18(25-15)24-14-6-5-13(19)16(20)17(14)21/h2-9H,1H3,(H2,22,23,24,25). The van der Waals surface area contributed by atoms with E-state index in [1.807, 2.05) is 0 Å². The number of halogens is 3. The van der Waals surface area contributed by atoms with E-state index in [1.165, 1.54) is 13.1 Å². The molecule has 0 saturated heterocycles. The molecule has 0 spiro atoms. The number of carbonyl (C=O) groups excluding carboxylic acids is 1. The molecule has 3 rings (SSSR count). The summed E-state index contributed by atoms with van der Waals surface area (Å²) < 4.78 is 40.0. The maximum absolute atomic E-state index is 13.7. The molecule has 0 aliphatic rings. The van der Waals surface area contributed by atoms with Crippen molar-refractivity contribution in [2.75, 3.05) is 10.6 Å². The lowest BCUT2D eigenvalue weighted by molar-refractivity contribution is 0.101. The Morgan fingerprint density at radius 1 is 1.00 bits per heavy atom. The summed E-state index contributed by atoms with van der Waals surface area (Å²) in [5, 5.41) is 5.49. The second-order valence-corrected chi connectivity index (χ2v) is 5.38. The van der Waals surface area contributed by atoms with Gasteiger partial charge in [0.2, 0.25) is 5.95 Å². The molecule has 0 amide bonds. The van der Waals surface area contributed by atoms with Crippen molar-refractivity contribution in [1.29, 1.82) is 0 Å². The molecule has 8 heteroatoms. The summed E-state index contributed by atoms with van der Waals surface area (Å²) in [6.07, 6.45) is 1.41. The lowest BCUT2D eigenvalue weighted by Gasteiger charge is -2.10.